The number of pyridine rings is 1. The largest absolute Gasteiger partial charge is 0.458 e. The molecule has 0 spiro atoms. The molecular weight excluding hydrogens is 418 g/mol. The van der Waals surface area contributed by atoms with Crippen LogP contribution in [0.25, 0.3) is 17.0 Å². The van der Waals surface area contributed by atoms with Crippen LogP contribution in [0.3, 0.4) is 0 Å². The summed E-state index contributed by atoms with van der Waals surface area (Å²) >= 11 is 0. The molecule has 1 fully saturated rings. The van der Waals surface area contributed by atoms with E-state index >= 15 is 0 Å². The maximum Gasteiger partial charge on any atom is 0.309 e. The van der Waals surface area contributed by atoms with Crippen molar-refractivity contribution in [3.8, 4) is 11.5 Å². The van der Waals surface area contributed by atoms with Gasteiger partial charge in [0.05, 0.1) is 12.5 Å². The summed E-state index contributed by atoms with van der Waals surface area (Å²) in [4.78, 5) is 15.4. The van der Waals surface area contributed by atoms with Crippen molar-refractivity contribution in [2.75, 3.05) is 0 Å². The Balaban J connectivity index is 1.80. The van der Waals surface area contributed by atoms with Crippen LogP contribution in [0.1, 0.15) is 18.4 Å². The molecule has 31 heavy (non-hydrogen) atoms. The molecule has 0 bridgehead atoms. The molecule has 5 nitrogen and oxygen atoms in total. The summed E-state index contributed by atoms with van der Waals surface area (Å²) in [6, 6.07) is 5.65. The molecule has 0 amide bonds. The van der Waals surface area contributed by atoms with Gasteiger partial charge >= 0.3 is 5.97 Å². The predicted octanol–water partition coefficient (Wildman–Crippen LogP) is 4.66. The fourth-order valence-corrected chi connectivity index (χ4v) is 3.22. The van der Waals surface area contributed by atoms with E-state index in [4.69, 9.17) is 9.47 Å². The Morgan fingerprint density at radius 1 is 1.13 bits per heavy atom. The quantitative estimate of drug-likeness (QED) is 0.368. The highest BCUT2D eigenvalue weighted by molar-refractivity contribution is 5.89. The fourth-order valence-electron chi connectivity index (χ4n) is 3.22. The molecule has 0 radical (unpaired) electrons. The first-order valence-electron chi connectivity index (χ1n) is 9.27. The molecule has 1 aliphatic heterocycles. The summed E-state index contributed by atoms with van der Waals surface area (Å²) < 4.78 is 65.9. The number of nitrogens with zero attached hydrogens (tertiary/aromatic N) is 1. The Labute approximate surface area is 173 Å². The van der Waals surface area contributed by atoms with Crippen molar-refractivity contribution in [3.63, 3.8) is 0 Å². The maximum atomic E-state index is 14.2. The van der Waals surface area contributed by atoms with Crippen LogP contribution in [-0.4, -0.2) is 28.3 Å². The van der Waals surface area contributed by atoms with Gasteiger partial charge in [-0.05, 0) is 36.4 Å². The van der Waals surface area contributed by atoms with Crippen molar-refractivity contribution in [1.82, 2.24) is 4.98 Å². The molecule has 160 valence electrons. The highest BCUT2D eigenvalue weighted by atomic mass is 19.2. The number of rotatable bonds is 4. The molecule has 1 aliphatic rings. The number of carbonyl (C=O) groups excluding carboxylic acids is 1. The minimum Gasteiger partial charge on any atom is -0.458 e. The van der Waals surface area contributed by atoms with Gasteiger partial charge in [0.25, 0.3) is 0 Å². The van der Waals surface area contributed by atoms with Gasteiger partial charge in [0.2, 0.25) is 0 Å². The van der Waals surface area contributed by atoms with Crippen LogP contribution in [0.4, 0.5) is 17.6 Å². The van der Waals surface area contributed by atoms with E-state index in [0.29, 0.717) is 0 Å². The van der Waals surface area contributed by atoms with Gasteiger partial charge in [0.1, 0.15) is 28.9 Å². The van der Waals surface area contributed by atoms with Gasteiger partial charge in [-0.15, -0.1) is 0 Å². The molecule has 2 atom stereocenters. The van der Waals surface area contributed by atoms with Crippen molar-refractivity contribution < 1.29 is 36.9 Å². The van der Waals surface area contributed by atoms with E-state index in [2.05, 4.69) is 4.98 Å². The van der Waals surface area contributed by atoms with Crippen molar-refractivity contribution in [3.05, 3.63) is 71.4 Å². The molecule has 4 rings (SSSR count). The molecule has 3 aromatic rings. The van der Waals surface area contributed by atoms with Crippen LogP contribution in [-0.2, 0) is 9.53 Å². The summed E-state index contributed by atoms with van der Waals surface area (Å²) in [6.07, 6.45) is 2.58. The van der Waals surface area contributed by atoms with E-state index in [-0.39, 0.29) is 35.3 Å². The van der Waals surface area contributed by atoms with Gasteiger partial charge in [-0.25, -0.2) is 17.6 Å². The maximum absolute atomic E-state index is 14.2. The first kappa shape index (κ1) is 20.8. The molecule has 9 heteroatoms. The molecule has 1 aromatic heterocycles. The molecular formula is C22H15F4NO4. The average molecular weight is 433 g/mol. The number of hydrogen-bond acceptors (Lipinski definition) is 5. The standard InChI is InChI=1S/C22H15F4NO4/c23-12-2-5-14(6-3-12)31-22-11(1-4-15-7-13(28)8-18(29)30-15)10-27-21-16(22)9-17(24)19(25)20(21)26/h1-6,9-10,13,15,28H,7-8H2/b4-1+/t13-,15-/m1/s1. The SMILES string of the molecule is O=C1C[C@H](O)C[C@@H](/C=C/c2cnc3c(F)c(F)c(F)cc3c2Oc2ccc(F)cc2)O1. The van der Waals surface area contributed by atoms with Crippen LogP contribution in [0, 0.1) is 23.3 Å². The van der Waals surface area contributed by atoms with Crippen molar-refractivity contribution in [1.29, 1.82) is 0 Å². The first-order valence-corrected chi connectivity index (χ1v) is 9.27. The second-order valence-corrected chi connectivity index (χ2v) is 6.96. The van der Waals surface area contributed by atoms with Gasteiger partial charge < -0.3 is 14.6 Å². The van der Waals surface area contributed by atoms with Gasteiger partial charge in [0, 0.05) is 23.6 Å². The normalized spacial score (nSPS) is 19.1. The van der Waals surface area contributed by atoms with Gasteiger partial charge in [-0.3, -0.25) is 9.78 Å². The predicted molar refractivity (Wildman–Crippen MR) is 102 cm³/mol. The molecule has 1 saturated heterocycles. The Hall–Kier alpha value is -3.46. The fraction of sp³-hybridized carbons (Fsp3) is 0.182. The summed E-state index contributed by atoms with van der Waals surface area (Å²) in [5.74, 6) is -5.54. The Morgan fingerprint density at radius 3 is 2.58 bits per heavy atom. The number of halogens is 4. The van der Waals surface area contributed by atoms with E-state index in [0.717, 1.165) is 18.2 Å². The second kappa shape index (κ2) is 8.35. The number of esters is 1. The number of carbonyl (C=O) groups is 1. The smallest absolute Gasteiger partial charge is 0.309 e. The first-order chi connectivity index (χ1) is 14.8. The van der Waals surface area contributed by atoms with Gasteiger partial charge in [-0.1, -0.05) is 6.08 Å². The van der Waals surface area contributed by atoms with Gasteiger partial charge in [0.15, 0.2) is 17.5 Å². The highest BCUT2D eigenvalue weighted by Gasteiger charge is 2.26. The number of benzene rings is 2. The lowest BCUT2D eigenvalue weighted by molar-refractivity contribution is -0.156. The zero-order valence-corrected chi connectivity index (χ0v) is 15.8. The van der Waals surface area contributed by atoms with E-state index in [1.807, 2.05) is 0 Å². The minimum absolute atomic E-state index is 0.0617. The number of aliphatic hydroxyl groups excluding tert-OH is 1. The van der Waals surface area contributed by atoms with Crippen LogP contribution >= 0.6 is 0 Å². The third kappa shape index (κ3) is 4.36. The number of hydrogen-bond donors (Lipinski definition) is 1. The minimum atomic E-state index is -1.67. The monoisotopic (exact) mass is 433 g/mol. The lowest BCUT2D eigenvalue weighted by Gasteiger charge is -2.23. The number of aromatic nitrogens is 1. The number of ether oxygens (including phenoxy) is 2. The van der Waals surface area contributed by atoms with Crippen LogP contribution < -0.4 is 4.74 Å². The number of aliphatic hydroxyl groups is 1. The average Bonchev–Trinajstić information content (AvgIpc) is 2.72. The van der Waals surface area contributed by atoms with E-state index in [1.54, 1.807) is 0 Å². The zero-order valence-electron chi connectivity index (χ0n) is 15.8. The van der Waals surface area contributed by atoms with Crippen molar-refractivity contribution in [2.45, 2.75) is 25.0 Å². The third-order valence-electron chi connectivity index (χ3n) is 4.69. The Kier molecular flexibility index (Phi) is 5.60. The van der Waals surface area contributed by atoms with E-state index < -0.39 is 47.0 Å². The lowest BCUT2D eigenvalue weighted by Crippen LogP contribution is -2.31. The van der Waals surface area contributed by atoms with Crippen LogP contribution in [0.2, 0.25) is 0 Å². The molecule has 1 N–H and O–H groups in total. The topological polar surface area (TPSA) is 68.7 Å². The molecule has 2 heterocycles. The highest BCUT2D eigenvalue weighted by Crippen LogP contribution is 2.36. The van der Waals surface area contributed by atoms with Gasteiger partial charge in [-0.2, -0.15) is 0 Å². The summed E-state index contributed by atoms with van der Waals surface area (Å²) in [6.45, 7) is 0. The van der Waals surface area contributed by atoms with Crippen LogP contribution in [0.5, 0.6) is 11.5 Å². The summed E-state index contributed by atoms with van der Waals surface area (Å²) in [5, 5.41) is 9.58. The third-order valence-corrected chi connectivity index (χ3v) is 4.69. The van der Waals surface area contributed by atoms with Crippen LogP contribution in [0.15, 0.2) is 42.6 Å². The Morgan fingerprint density at radius 2 is 1.87 bits per heavy atom. The lowest BCUT2D eigenvalue weighted by atomic mass is 10.0. The summed E-state index contributed by atoms with van der Waals surface area (Å²) in [5.41, 5.74) is -0.217. The molecule has 0 saturated carbocycles. The van der Waals surface area contributed by atoms with E-state index in [9.17, 15) is 27.5 Å². The number of fused-ring (bicyclic) bond motifs is 1. The van der Waals surface area contributed by atoms with E-state index in [1.165, 1.54) is 30.5 Å². The van der Waals surface area contributed by atoms with Crippen molar-refractivity contribution >= 4 is 22.9 Å². The zero-order chi connectivity index (χ0) is 22.1. The molecule has 0 unspecified atom stereocenters. The summed E-state index contributed by atoms with van der Waals surface area (Å²) in [7, 11) is 0. The number of cyclic esters (lactones) is 1. The van der Waals surface area contributed by atoms with Crippen molar-refractivity contribution in [2.24, 2.45) is 0 Å². The Bertz CT molecular complexity index is 1180. The molecule has 0 aliphatic carbocycles. The second-order valence-electron chi connectivity index (χ2n) is 6.96. The molecule has 2 aromatic carbocycles.